The molecule has 1 heterocycles. The molecule has 1 aliphatic rings. The number of nitrogens with one attached hydrogen (secondary N) is 1. The van der Waals surface area contributed by atoms with Gasteiger partial charge < -0.3 is 14.8 Å². The summed E-state index contributed by atoms with van der Waals surface area (Å²) < 4.78 is 10.3. The fraction of sp³-hybridized carbons (Fsp3) is 0.889. The fourth-order valence-corrected chi connectivity index (χ4v) is 1.21. The third-order valence-electron chi connectivity index (χ3n) is 1.87. The number of esters is 1. The second kappa shape index (κ2) is 5.94. The number of carbonyl (C=O) groups is 1. The van der Waals surface area contributed by atoms with Gasteiger partial charge in [-0.2, -0.15) is 0 Å². The fourth-order valence-electron chi connectivity index (χ4n) is 1.21. The van der Waals surface area contributed by atoms with Crippen LogP contribution in [-0.2, 0) is 14.3 Å². The first-order chi connectivity index (χ1) is 6.33. The van der Waals surface area contributed by atoms with Crippen molar-refractivity contribution in [3.63, 3.8) is 0 Å². The first-order valence-corrected chi connectivity index (χ1v) is 4.81. The highest BCUT2D eigenvalue weighted by atomic mass is 16.5. The number of carbonyl (C=O) groups excluding carboxylic acids is 1. The molecule has 0 spiro atoms. The van der Waals surface area contributed by atoms with E-state index < -0.39 is 0 Å². The van der Waals surface area contributed by atoms with E-state index in [9.17, 15) is 4.79 Å². The molecular formula is C9H17NO3. The van der Waals surface area contributed by atoms with Crippen LogP contribution in [0.1, 0.15) is 19.8 Å². The second-order valence-electron chi connectivity index (χ2n) is 3.12. The minimum absolute atomic E-state index is 0.00175. The summed E-state index contributed by atoms with van der Waals surface area (Å²) in [5.41, 5.74) is 0. The topological polar surface area (TPSA) is 47.6 Å². The molecule has 0 aromatic carbocycles. The standard InChI is InChI=1S/C9H17NO3/c1-2-4-13-9(11)6-8-7-10-3-5-12-8/h8,10H,2-7H2,1H3. The van der Waals surface area contributed by atoms with Crippen LogP contribution in [-0.4, -0.2) is 38.4 Å². The summed E-state index contributed by atoms with van der Waals surface area (Å²) in [5, 5.41) is 3.16. The van der Waals surface area contributed by atoms with Crippen LogP contribution in [0, 0.1) is 0 Å². The van der Waals surface area contributed by atoms with Gasteiger partial charge >= 0.3 is 5.97 Å². The monoisotopic (exact) mass is 187 g/mol. The van der Waals surface area contributed by atoms with Crippen LogP contribution < -0.4 is 5.32 Å². The number of rotatable bonds is 4. The molecule has 1 fully saturated rings. The van der Waals surface area contributed by atoms with Crippen molar-refractivity contribution >= 4 is 5.97 Å². The van der Waals surface area contributed by atoms with Crippen LogP contribution in [0.25, 0.3) is 0 Å². The molecule has 0 radical (unpaired) electrons. The van der Waals surface area contributed by atoms with Crippen LogP contribution in [0.15, 0.2) is 0 Å². The van der Waals surface area contributed by atoms with Gasteiger partial charge in [0, 0.05) is 13.1 Å². The third-order valence-corrected chi connectivity index (χ3v) is 1.87. The molecule has 0 amide bonds. The van der Waals surface area contributed by atoms with Gasteiger partial charge in [-0.25, -0.2) is 0 Å². The summed E-state index contributed by atoms with van der Waals surface area (Å²) in [5.74, 6) is -0.157. The van der Waals surface area contributed by atoms with E-state index in [2.05, 4.69) is 5.32 Å². The largest absolute Gasteiger partial charge is 0.466 e. The van der Waals surface area contributed by atoms with E-state index in [0.29, 0.717) is 19.6 Å². The second-order valence-corrected chi connectivity index (χ2v) is 3.12. The molecule has 13 heavy (non-hydrogen) atoms. The molecule has 1 rings (SSSR count). The average molecular weight is 187 g/mol. The Kier molecular flexibility index (Phi) is 4.78. The van der Waals surface area contributed by atoms with Crippen LogP contribution in [0.4, 0.5) is 0 Å². The van der Waals surface area contributed by atoms with Crippen molar-refractivity contribution in [2.45, 2.75) is 25.9 Å². The maximum absolute atomic E-state index is 11.1. The molecular weight excluding hydrogens is 170 g/mol. The van der Waals surface area contributed by atoms with Gasteiger partial charge in [-0.3, -0.25) is 4.79 Å². The first kappa shape index (κ1) is 10.5. The molecule has 1 saturated heterocycles. The lowest BCUT2D eigenvalue weighted by atomic mass is 10.2. The average Bonchev–Trinajstić information content (AvgIpc) is 2.16. The van der Waals surface area contributed by atoms with Gasteiger partial charge in [-0.15, -0.1) is 0 Å². The van der Waals surface area contributed by atoms with Crippen molar-refractivity contribution in [3.8, 4) is 0 Å². The zero-order valence-electron chi connectivity index (χ0n) is 8.04. The lowest BCUT2D eigenvalue weighted by molar-refractivity contribution is -0.147. The van der Waals surface area contributed by atoms with Gasteiger partial charge in [0.1, 0.15) is 0 Å². The molecule has 1 aliphatic heterocycles. The Morgan fingerprint density at radius 1 is 1.69 bits per heavy atom. The Bertz CT molecular complexity index is 155. The predicted octanol–water partition coefficient (Wildman–Crippen LogP) is 0.318. The normalized spacial score (nSPS) is 22.7. The maximum atomic E-state index is 11.1. The Morgan fingerprint density at radius 2 is 2.54 bits per heavy atom. The van der Waals surface area contributed by atoms with E-state index in [0.717, 1.165) is 19.5 Å². The smallest absolute Gasteiger partial charge is 0.308 e. The highest BCUT2D eigenvalue weighted by Gasteiger charge is 2.17. The Balaban J connectivity index is 2.11. The summed E-state index contributed by atoms with van der Waals surface area (Å²) in [6.45, 7) is 4.80. The van der Waals surface area contributed by atoms with E-state index in [-0.39, 0.29) is 12.1 Å². The van der Waals surface area contributed by atoms with Crippen LogP contribution in [0.5, 0.6) is 0 Å². The highest BCUT2D eigenvalue weighted by molar-refractivity contribution is 5.70. The number of morpholine rings is 1. The molecule has 4 nitrogen and oxygen atoms in total. The SMILES string of the molecule is CCCOC(=O)CC1CNCCO1. The van der Waals surface area contributed by atoms with Gasteiger partial charge in [0.15, 0.2) is 0 Å². The Hall–Kier alpha value is -0.610. The molecule has 1 atom stereocenters. The predicted molar refractivity (Wildman–Crippen MR) is 48.5 cm³/mol. The Labute approximate surface area is 78.6 Å². The summed E-state index contributed by atoms with van der Waals surface area (Å²) in [4.78, 5) is 11.1. The van der Waals surface area contributed by atoms with Crippen LogP contribution >= 0.6 is 0 Å². The van der Waals surface area contributed by atoms with E-state index in [1.165, 1.54) is 0 Å². The molecule has 0 aromatic heterocycles. The van der Waals surface area contributed by atoms with E-state index in [4.69, 9.17) is 9.47 Å². The minimum Gasteiger partial charge on any atom is -0.466 e. The molecule has 0 saturated carbocycles. The first-order valence-electron chi connectivity index (χ1n) is 4.81. The molecule has 1 N–H and O–H groups in total. The summed E-state index contributed by atoms with van der Waals surface area (Å²) in [7, 11) is 0. The van der Waals surface area contributed by atoms with Gasteiger partial charge in [-0.1, -0.05) is 6.92 Å². The molecule has 4 heteroatoms. The van der Waals surface area contributed by atoms with Crippen molar-refractivity contribution in [2.24, 2.45) is 0 Å². The van der Waals surface area contributed by atoms with Gasteiger partial charge in [0.25, 0.3) is 0 Å². The van der Waals surface area contributed by atoms with Crippen molar-refractivity contribution in [2.75, 3.05) is 26.3 Å². The van der Waals surface area contributed by atoms with Crippen molar-refractivity contribution in [1.82, 2.24) is 5.32 Å². The highest BCUT2D eigenvalue weighted by Crippen LogP contribution is 2.02. The molecule has 0 bridgehead atoms. The van der Waals surface area contributed by atoms with E-state index in [1.807, 2.05) is 6.92 Å². The van der Waals surface area contributed by atoms with Crippen LogP contribution in [0.3, 0.4) is 0 Å². The lowest BCUT2D eigenvalue weighted by Crippen LogP contribution is -2.39. The molecule has 0 aliphatic carbocycles. The van der Waals surface area contributed by atoms with Crippen LogP contribution in [0.2, 0.25) is 0 Å². The zero-order chi connectivity index (χ0) is 9.52. The minimum atomic E-state index is -0.157. The number of hydrogen-bond acceptors (Lipinski definition) is 4. The third kappa shape index (κ3) is 4.24. The van der Waals surface area contributed by atoms with E-state index >= 15 is 0 Å². The van der Waals surface area contributed by atoms with E-state index in [1.54, 1.807) is 0 Å². The van der Waals surface area contributed by atoms with Gasteiger partial charge in [-0.05, 0) is 6.42 Å². The van der Waals surface area contributed by atoms with Crippen molar-refractivity contribution in [3.05, 3.63) is 0 Å². The Morgan fingerprint density at radius 3 is 3.15 bits per heavy atom. The van der Waals surface area contributed by atoms with Gasteiger partial charge in [0.05, 0.1) is 25.7 Å². The zero-order valence-corrected chi connectivity index (χ0v) is 8.04. The maximum Gasteiger partial charge on any atom is 0.308 e. The van der Waals surface area contributed by atoms with Crippen molar-refractivity contribution in [1.29, 1.82) is 0 Å². The summed E-state index contributed by atoms with van der Waals surface area (Å²) in [6, 6.07) is 0. The molecule has 76 valence electrons. The van der Waals surface area contributed by atoms with Gasteiger partial charge in [0.2, 0.25) is 0 Å². The quantitative estimate of drug-likeness (QED) is 0.644. The number of ether oxygens (including phenoxy) is 2. The summed E-state index contributed by atoms with van der Waals surface area (Å²) in [6.07, 6.45) is 1.24. The number of hydrogen-bond donors (Lipinski definition) is 1. The summed E-state index contributed by atoms with van der Waals surface area (Å²) >= 11 is 0. The lowest BCUT2D eigenvalue weighted by Gasteiger charge is -2.22. The molecule has 1 unspecified atom stereocenters. The molecule has 0 aromatic rings. The van der Waals surface area contributed by atoms with Crippen molar-refractivity contribution < 1.29 is 14.3 Å².